The van der Waals surface area contributed by atoms with Gasteiger partial charge in [-0.1, -0.05) is 115 Å². The number of pyridine rings is 1. The van der Waals surface area contributed by atoms with E-state index < -0.39 is 0 Å². The third-order valence-corrected chi connectivity index (χ3v) is 5.31. The second-order valence-electron chi connectivity index (χ2n) is 7.22. The summed E-state index contributed by atoms with van der Waals surface area (Å²) in [5, 5.41) is 2.47. The Labute approximate surface area is 171 Å². The van der Waals surface area contributed by atoms with Gasteiger partial charge in [0.1, 0.15) is 0 Å². The zero-order chi connectivity index (χ0) is 19.5. The van der Waals surface area contributed by atoms with E-state index in [0.29, 0.717) is 0 Å². The molecule has 0 unspecified atom stereocenters. The Morgan fingerprint density at radius 3 is 1.66 bits per heavy atom. The summed E-state index contributed by atoms with van der Waals surface area (Å²) in [7, 11) is 0. The molecule has 1 nitrogen and oxygen atoms in total. The fourth-order valence-corrected chi connectivity index (χ4v) is 3.96. The van der Waals surface area contributed by atoms with Crippen molar-refractivity contribution in [1.29, 1.82) is 0 Å². The third kappa shape index (κ3) is 3.43. The highest BCUT2D eigenvalue weighted by Crippen LogP contribution is 2.38. The Bertz CT molecular complexity index is 1240. The van der Waals surface area contributed by atoms with E-state index in [4.69, 9.17) is 4.98 Å². The van der Waals surface area contributed by atoms with Gasteiger partial charge in [0.2, 0.25) is 0 Å². The molecule has 0 N–H and O–H groups in total. The molecule has 138 valence electrons. The summed E-state index contributed by atoms with van der Waals surface area (Å²) in [6, 6.07) is 40.3. The lowest BCUT2D eigenvalue weighted by Crippen LogP contribution is -2.00. The first-order valence-electron chi connectivity index (χ1n) is 9.96. The zero-order valence-electron chi connectivity index (χ0n) is 16.1. The molecular formula is C28H21N. The molecule has 0 radical (unpaired) electrons. The quantitative estimate of drug-likeness (QED) is 0.326. The lowest BCUT2D eigenvalue weighted by Gasteiger charge is -2.17. The summed E-state index contributed by atoms with van der Waals surface area (Å²) in [6.07, 6.45) is 0.816. The average Bonchev–Trinajstić information content (AvgIpc) is 2.81. The van der Waals surface area contributed by atoms with Crippen molar-refractivity contribution >= 4 is 10.8 Å². The smallest absolute Gasteiger partial charge is 0.0790 e. The van der Waals surface area contributed by atoms with Crippen LogP contribution in [0.25, 0.3) is 33.2 Å². The van der Waals surface area contributed by atoms with E-state index in [9.17, 15) is 0 Å². The zero-order valence-corrected chi connectivity index (χ0v) is 16.1. The monoisotopic (exact) mass is 371 g/mol. The summed E-state index contributed by atoms with van der Waals surface area (Å²) in [5.74, 6) is 0. The van der Waals surface area contributed by atoms with Crippen molar-refractivity contribution in [3.8, 4) is 22.4 Å². The second kappa shape index (κ2) is 7.73. The van der Waals surface area contributed by atoms with Crippen LogP contribution in [0.1, 0.15) is 11.3 Å². The second-order valence-corrected chi connectivity index (χ2v) is 7.22. The summed E-state index contributed by atoms with van der Waals surface area (Å²) in [4.78, 5) is 5.24. The molecule has 0 spiro atoms. The van der Waals surface area contributed by atoms with Crippen LogP contribution in [-0.4, -0.2) is 4.98 Å². The number of benzene rings is 4. The first-order chi connectivity index (χ1) is 14.4. The molecule has 0 amide bonds. The molecule has 0 atom stereocenters. The molecule has 4 aromatic carbocycles. The van der Waals surface area contributed by atoms with Gasteiger partial charge in [-0.25, -0.2) is 0 Å². The van der Waals surface area contributed by atoms with Crippen LogP contribution in [0.2, 0.25) is 0 Å². The molecule has 1 heterocycles. The summed E-state index contributed by atoms with van der Waals surface area (Å²) >= 11 is 0. The number of aromatic nitrogens is 1. The molecule has 29 heavy (non-hydrogen) atoms. The van der Waals surface area contributed by atoms with Gasteiger partial charge in [-0.15, -0.1) is 0 Å². The number of hydrogen-bond acceptors (Lipinski definition) is 1. The minimum atomic E-state index is 0.816. The van der Waals surface area contributed by atoms with Crippen molar-refractivity contribution in [3.05, 3.63) is 127 Å². The summed E-state index contributed by atoms with van der Waals surface area (Å²) in [6.45, 7) is 0. The molecule has 0 saturated carbocycles. The number of nitrogens with zero attached hydrogens (tertiary/aromatic N) is 1. The van der Waals surface area contributed by atoms with Crippen LogP contribution in [0.4, 0.5) is 0 Å². The minimum absolute atomic E-state index is 0.816. The molecule has 1 aromatic heterocycles. The maximum Gasteiger partial charge on any atom is 0.0790 e. The third-order valence-electron chi connectivity index (χ3n) is 5.31. The number of hydrogen-bond donors (Lipinski definition) is 0. The molecule has 0 fully saturated rings. The summed E-state index contributed by atoms with van der Waals surface area (Å²) in [5.41, 5.74) is 6.97. The van der Waals surface area contributed by atoms with Crippen LogP contribution >= 0.6 is 0 Å². The molecular weight excluding hydrogens is 350 g/mol. The van der Waals surface area contributed by atoms with Crippen LogP contribution in [0.3, 0.4) is 0 Å². The lowest BCUT2D eigenvalue weighted by atomic mass is 9.92. The van der Waals surface area contributed by atoms with Crippen LogP contribution < -0.4 is 0 Å². The van der Waals surface area contributed by atoms with Gasteiger partial charge in [0.25, 0.3) is 0 Å². The van der Waals surface area contributed by atoms with E-state index in [1.807, 2.05) is 0 Å². The van der Waals surface area contributed by atoms with E-state index in [1.54, 1.807) is 0 Å². The molecule has 0 aliphatic rings. The molecule has 0 bridgehead atoms. The van der Waals surface area contributed by atoms with Gasteiger partial charge >= 0.3 is 0 Å². The lowest BCUT2D eigenvalue weighted by molar-refractivity contribution is 1.10. The first kappa shape index (κ1) is 17.4. The van der Waals surface area contributed by atoms with Crippen molar-refractivity contribution in [2.75, 3.05) is 0 Å². The molecule has 0 aliphatic heterocycles. The fourth-order valence-electron chi connectivity index (χ4n) is 3.96. The van der Waals surface area contributed by atoms with E-state index in [1.165, 1.54) is 27.5 Å². The van der Waals surface area contributed by atoms with Crippen LogP contribution in [0.5, 0.6) is 0 Å². The normalized spacial score (nSPS) is 10.9. The largest absolute Gasteiger partial charge is 0.251 e. The van der Waals surface area contributed by atoms with E-state index in [-0.39, 0.29) is 0 Å². The molecule has 5 rings (SSSR count). The molecule has 0 aliphatic carbocycles. The standard InChI is InChI=1S/C28H21N/c1-4-12-21(13-5-1)20-26-24-18-10-11-19-25(24)27(22-14-6-2-7-15-22)28(29-26)23-16-8-3-9-17-23/h1-19H,20H2. The van der Waals surface area contributed by atoms with Crippen molar-refractivity contribution < 1.29 is 0 Å². The highest BCUT2D eigenvalue weighted by atomic mass is 14.7. The minimum Gasteiger partial charge on any atom is -0.251 e. The maximum absolute atomic E-state index is 5.24. The van der Waals surface area contributed by atoms with Crippen LogP contribution in [0.15, 0.2) is 115 Å². The average molecular weight is 371 g/mol. The SMILES string of the molecule is c1ccc(Cc2nc(-c3ccccc3)c(-c3ccccc3)c3ccccc23)cc1. The molecule has 5 aromatic rings. The predicted octanol–water partition coefficient (Wildman–Crippen LogP) is 7.16. The van der Waals surface area contributed by atoms with Crippen molar-refractivity contribution in [3.63, 3.8) is 0 Å². The maximum atomic E-state index is 5.24. The highest BCUT2D eigenvalue weighted by molar-refractivity contribution is 6.03. The van der Waals surface area contributed by atoms with Crippen molar-refractivity contribution in [2.24, 2.45) is 0 Å². The fraction of sp³-hybridized carbons (Fsp3) is 0.0357. The van der Waals surface area contributed by atoms with Gasteiger partial charge in [-0.3, -0.25) is 4.98 Å². The van der Waals surface area contributed by atoms with Crippen molar-refractivity contribution in [2.45, 2.75) is 6.42 Å². The van der Waals surface area contributed by atoms with Crippen LogP contribution in [-0.2, 0) is 6.42 Å². The van der Waals surface area contributed by atoms with Crippen LogP contribution in [0, 0.1) is 0 Å². The van der Waals surface area contributed by atoms with Gasteiger partial charge in [-0.2, -0.15) is 0 Å². The Morgan fingerprint density at radius 1 is 0.483 bits per heavy atom. The van der Waals surface area contributed by atoms with E-state index in [2.05, 4.69) is 115 Å². The topological polar surface area (TPSA) is 12.9 Å². The molecule has 0 saturated heterocycles. The van der Waals surface area contributed by atoms with E-state index in [0.717, 1.165) is 23.4 Å². The Balaban J connectivity index is 1.82. The Morgan fingerprint density at radius 2 is 1.00 bits per heavy atom. The highest BCUT2D eigenvalue weighted by Gasteiger charge is 2.16. The summed E-state index contributed by atoms with van der Waals surface area (Å²) < 4.78 is 0. The molecule has 1 heteroatoms. The van der Waals surface area contributed by atoms with E-state index >= 15 is 0 Å². The predicted molar refractivity (Wildman–Crippen MR) is 122 cm³/mol. The first-order valence-corrected chi connectivity index (χ1v) is 9.96. The number of fused-ring (bicyclic) bond motifs is 1. The van der Waals surface area contributed by atoms with Gasteiger partial charge in [0, 0.05) is 22.9 Å². The van der Waals surface area contributed by atoms with Gasteiger partial charge in [-0.05, 0) is 16.5 Å². The number of rotatable bonds is 4. The van der Waals surface area contributed by atoms with Gasteiger partial charge in [0.05, 0.1) is 11.4 Å². The van der Waals surface area contributed by atoms with Gasteiger partial charge < -0.3 is 0 Å². The van der Waals surface area contributed by atoms with Crippen molar-refractivity contribution in [1.82, 2.24) is 4.98 Å². The van der Waals surface area contributed by atoms with Gasteiger partial charge in [0.15, 0.2) is 0 Å². The Kier molecular flexibility index (Phi) is 4.63. The Hall–Kier alpha value is -3.71.